The first-order valence-corrected chi connectivity index (χ1v) is 8.91. The van der Waals surface area contributed by atoms with Gasteiger partial charge < -0.3 is 5.32 Å². The molecular formula is C16H13ClF3NO3S. The molecule has 2 aromatic rings. The smallest absolute Gasteiger partial charge is 0.352 e. The molecule has 0 saturated heterocycles. The van der Waals surface area contributed by atoms with Gasteiger partial charge in [0.1, 0.15) is 0 Å². The molecule has 0 unspecified atom stereocenters. The molecular weight excluding hydrogens is 379 g/mol. The fourth-order valence-electron chi connectivity index (χ4n) is 2.03. The number of rotatable bonds is 5. The number of amides is 1. The van der Waals surface area contributed by atoms with Crippen molar-refractivity contribution in [3.63, 3.8) is 0 Å². The molecule has 0 aromatic heterocycles. The van der Waals surface area contributed by atoms with Gasteiger partial charge >= 0.3 is 5.51 Å². The van der Waals surface area contributed by atoms with Crippen LogP contribution in [-0.4, -0.2) is 26.4 Å². The topological polar surface area (TPSA) is 63.2 Å². The maximum Gasteiger partial charge on any atom is 0.501 e. The summed E-state index contributed by atoms with van der Waals surface area (Å²) in [6.07, 6.45) is 0.521. The average Bonchev–Trinajstić information content (AvgIpc) is 2.54. The van der Waals surface area contributed by atoms with Gasteiger partial charge in [0.15, 0.2) is 0 Å². The molecule has 1 amide bonds. The van der Waals surface area contributed by atoms with E-state index in [1.807, 2.05) is 6.07 Å². The largest absolute Gasteiger partial charge is 0.501 e. The van der Waals surface area contributed by atoms with Crippen molar-refractivity contribution in [1.82, 2.24) is 5.32 Å². The van der Waals surface area contributed by atoms with Crippen LogP contribution in [0.5, 0.6) is 0 Å². The highest BCUT2D eigenvalue weighted by atomic mass is 35.5. The molecule has 0 bridgehead atoms. The summed E-state index contributed by atoms with van der Waals surface area (Å²) in [6, 6.07) is 10.7. The minimum atomic E-state index is -5.42. The minimum absolute atomic E-state index is 0.0622. The summed E-state index contributed by atoms with van der Waals surface area (Å²) < 4.78 is 59.9. The number of hydrogen-bond donors (Lipinski definition) is 1. The van der Waals surface area contributed by atoms with Gasteiger partial charge in [-0.25, -0.2) is 8.42 Å². The Morgan fingerprint density at radius 1 is 1.08 bits per heavy atom. The van der Waals surface area contributed by atoms with Gasteiger partial charge in [0, 0.05) is 17.1 Å². The summed E-state index contributed by atoms with van der Waals surface area (Å²) in [7, 11) is -5.42. The van der Waals surface area contributed by atoms with E-state index in [0.29, 0.717) is 18.0 Å². The molecule has 0 radical (unpaired) electrons. The summed E-state index contributed by atoms with van der Waals surface area (Å²) in [4.78, 5) is 11.0. The number of carbonyl (C=O) groups is 1. The summed E-state index contributed by atoms with van der Waals surface area (Å²) in [5.74, 6) is -0.516. The molecule has 0 fully saturated rings. The first kappa shape index (κ1) is 19.3. The third-order valence-electron chi connectivity index (χ3n) is 3.32. The highest BCUT2D eigenvalue weighted by molar-refractivity contribution is 7.92. The number of halogens is 4. The lowest BCUT2D eigenvalue weighted by Crippen LogP contribution is -2.26. The Morgan fingerprint density at radius 3 is 2.28 bits per heavy atom. The lowest BCUT2D eigenvalue weighted by atomic mass is 10.1. The first-order chi connectivity index (χ1) is 11.6. The number of sulfone groups is 1. The molecule has 0 atom stereocenters. The second-order valence-electron chi connectivity index (χ2n) is 5.11. The van der Waals surface area contributed by atoms with E-state index >= 15 is 0 Å². The monoisotopic (exact) mass is 391 g/mol. The number of alkyl halides is 3. The third kappa shape index (κ3) is 4.73. The van der Waals surface area contributed by atoms with Crippen LogP contribution in [0.2, 0.25) is 5.02 Å². The van der Waals surface area contributed by atoms with Crippen LogP contribution < -0.4 is 5.32 Å². The van der Waals surface area contributed by atoms with Crippen LogP contribution in [0.25, 0.3) is 0 Å². The molecule has 0 spiro atoms. The minimum Gasteiger partial charge on any atom is -0.352 e. The lowest BCUT2D eigenvalue weighted by molar-refractivity contribution is -0.0436. The maximum absolute atomic E-state index is 12.5. The molecule has 0 aliphatic heterocycles. The quantitative estimate of drug-likeness (QED) is 0.847. The molecule has 0 aliphatic rings. The van der Waals surface area contributed by atoms with Crippen molar-refractivity contribution in [1.29, 1.82) is 0 Å². The Kier molecular flexibility index (Phi) is 5.74. The maximum atomic E-state index is 12.5. The van der Waals surface area contributed by atoms with E-state index in [1.54, 1.807) is 18.2 Å². The van der Waals surface area contributed by atoms with Crippen LogP contribution in [0.3, 0.4) is 0 Å². The first-order valence-electron chi connectivity index (χ1n) is 7.05. The predicted molar refractivity (Wildman–Crippen MR) is 87.2 cm³/mol. The molecule has 9 heteroatoms. The molecule has 25 heavy (non-hydrogen) atoms. The van der Waals surface area contributed by atoms with Crippen molar-refractivity contribution in [2.24, 2.45) is 0 Å². The van der Waals surface area contributed by atoms with Crippen molar-refractivity contribution in [2.45, 2.75) is 16.8 Å². The normalized spacial score (nSPS) is 12.0. The van der Waals surface area contributed by atoms with Crippen LogP contribution in [0, 0.1) is 0 Å². The van der Waals surface area contributed by atoms with Crippen molar-refractivity contribution < 1.29 is 26.4 Å². The molecule has 2 aromatic carbocycles. The van der Waals surface area contributed by atoms with Gasteiger partial charge in [-0.05, 0) is 48.4 Å². The van der Waals surface area contributed by atoms with Crippen LogP contribution in [-0.2, 0) is 16.3 Å². The van der Waals surface area contributed by atoms with Gasteiger partial charge in [-0.3, -0.25) is 4.79 Å². The lowest BCUT2D eigenvalue weighted by Gasteiger charge is -2.09. The Balaban J connectivity index is 1.99. The fraction of sp³-hybridized carbons (Fsp3) is 0.188. The Labute approximate surface area is 147 Å². The van der Waals surface area contributed by atoms with E-state index in [1.165, 1.54) is 0 Å². The molecule has 0 aliphatic carbocycles. The second kappa shape index (κ2) is 7.45. The molecule has 0 saturated carbocycles. The Hall–Kier alpha value is -2.06. The van der Waals surface area contributed by atoms with Gasteiger partial charge in [0.05, 0.1) is 4.90 Å². The molecule has 2 rings (SSSR count). The van der Waals surface area contributed by atoms with Crippen molar-refractivity contribution in [3.05, 3.63) is 64.7 Å². The van der Waals surface area contributed by atoms with E-state index < -0.39 is 26.1 Å². The van der Waals surface area contributed by atoms with Crippen LogP contribution in [0.15, 0.2) is 53.4 Å². The van der Waals surface area contributed by atoms with Crippen molar-refractivity contribution in [3.8, 4) is 0 Å². The summed E-state index contributed by atoms with van der Waals surface area (Å²) in [5.41, 5.74) is -4.40. The summed E-state index contributed by atoms with van der Waals surface area (Å²) in [6.45, 7) is 0.293. The van der Waals surface area contributed by atoms with E-state index in [-0.39, 0.29) is 5.56 Å². The molecule has 0 heterocycles. The zero-order chi connectivity index (χ0) is 18.7. The SMILES string of the molecule is O=C(NCCc1cccc(Cl)c1)c1ccc(S(=O)(=O)C(F)(F)F)cc1. The Morgan fingerprint density at radius 2 is 1.72 bits per heavy atom. The third-order valence-corrected chi connectivity index (χ3v) is 5.06. The number of hydrogen-bond acceptors (Lipinski definition) is 3. The number of benzene rings is 2. The summed E-state index contributed by atoms with van der Waals surface area (Å²) in [5, 5.41) is 3.18. The van der Waals surface area contributed by atoms with Gasteiger partial charge in [-0.1, -0.05) is 23.7 Å². The van der Waals surface area contributed by atoms with Gasteiger partial charge in [-0.15, -0.1) is 0 Å². The van der Waals surface area contributed by atoms with E-state index in [2.05, 4.69) is 5.32 Å². The van der Waals surface area contributed by atoms with Crippen LogP contribution in [0.4, 0.5) is 13.2 Å². The second-order valence-corrected chi connectivity index (χ2v) is 7.49. The van der Waals surface area contributed by atoms with Gasteiger partial charge in [0.2, 0.25) is 0 Å². The van der Waals surface area contributed by atoms with E-state index in [4.69, 9.17) is 11.6 Å². The highest BCUT2D eigenvalue weighted by Crippen LogP contribution is 2.30. The van der Waals surface area contributed by atoms with Gasteiger partial charge in [-0.2, -0.15) is 13.2 Å². The standard InChI is InChI=1S/C16H13ClF3NO3S/c17-13-3-1-2-11(10-13)8-9-21-15(22)12-4-6-14(7-5-12)25(23,24)16(18,19)20/h1-7,10H,8-9H2,(H,21,22). The van der Waals surface area contributed by atoms with Crippen molar-refractivity contribution >= 4 is 27.3 Å². The van der Waals surface area contributed by atoms with Crippen LogP contribution in [0.1, 0.15) is 15.9 Å². The Bertz CT molecular complexity index is 865. The molecule has 4 nitrogen and oxygen atoms in total. The average molecular weight is 392 g/mol. The van der Waals surface area contributed by atoms with Crippen molar-refractivity contribution in [2.75, 3.05) is 6.54 Å². The van der Waals surface area contributed by atoms with E-state index in [9.17, 15) is 26.4 Å². The number of carbonyl (C=O) groups excluding carboxylic acids is 1. The van der Waals surface area contributed by atoms with Gasteiger partial charge in [0.25, 0.3) is 15.7 Å². The zero-order valence-corrected chi connectivity index (χ0v) is 14.3. The summed E-state index contributed by atoms with van der Waals surface area (Å²) >= 11 is 5.85. The predicted octanol–water partition coefficient (Wildman–Crippen LogP) is 3.61. The highest BCUT2D eigenvalue weighted by Gasteiger charge is 2.46. The van der Waals surface area contributed by atoms with Crippen LogP contribution >= 0.6 is 11.6 Å². The fourth-order valence-corrected chi connectivity index (χ4v) is 3.01. The van der Waals surface area contributed by atoms with E-state index in [0.717, 1.165) is 29.8 Å². The number of nitrogens with one attached hydrogen (secondary N) is 1. The molecule has 134 valence electrons. The zero-order valence-electron chi connectivity index (χ0n) is 12.7. The molecule has 1 N–H and O–H groups in total.